The molecule has 0 radical (unpaired) electrons. The highest BCUT2D eigenvalue weighted by molar-refractivity contribution is 5.77. The second-order valence-electron chi connectivity index (χ2n) is 2.94. The van der Waals surface area contributed by atoms with Gasteiger partial charge in [0.25, 0.3) is 5.56 Å². The SMILES string of the molecule is O=C(Oc1cc(=O)[nH]o1)C(F)(F)F.c1ccncc1. The highest BCUT2D eigenvalue weighted by atomic mass is 19.4. The molecule has 2 rings (SSSR count). The molecule has 9 heteroatoms. The van der Waals surface area contributed by atoms with Crippen LogP contribution < -0.4 is 10.3 Å². The summed E-state index contributed by atoms with van der Waals surface area (Å²) in [6.45, 7) is 0. The second kappa shape index (κ2) is 6.38. The van der Waals surface area contributed by atoms with E-state index in [0.717, 1.165) is 0 Å². The predicted molar refractivity (Wildman–Crippen MR) is 55.3 cm³/mol. The minimum atomic E-state index is -5.12. The number of carbonyl (C=O) groups is 1. The van der Waals surface area contributed by atoms with Crippen molar-refractivity contribution < 1.29 is 27.2 Å². The first-order valence-electron chi connectivity index (χ1n) is 4.72. The highest BCUT2D eigenvalue weighted by Gasteiger charge is 2.42. The van der Waals surface area contributed by atoms with Crippen molar-refractivity contribution in [3.05, 3.63) is 47.0 Å². The number of nitrogens with one attached hydrogen (secondary N) is 1. The number of pyridine rings is 1. The number of rotatable bonds is 1. The van der Waals surface area contributed by atoms with Crippen molar-refractivity contribution in [1.82, 2.24) is 10.1 Å². The smallest absolute Gasteiger partial charge is 0.384 e. The van der Waals surface area contributed by atoms with Gasteiger partial charge in [0.05, 0.1) is 6.07 Å². The number of ether oxygens (including phenoxy) is 1. The van der Waals surface area contributed by atoms with Crippen LogP contribution in [0.25, 0.3) is 0 Å². The lowest BCUT2D eigenvalue weighted by Gasteiger charge is -2.02. The number of H-pyrrole nitrogens is 1. The van der Waals surface area contributed by atoms with Crippen LogP contribution in [0.5, 0.6) is 5.95 Å². The van der Waals surface area contributed by atoms with Gasteiger partial charge in [-0.05, 0) is 12.1 Å². The fourth-order valence-corrected chi connectivity index (χ4v) is 0.779. The van der Waals surface area contributed by atoms with Gasteiger partial charge in [0.1, 0.15) is 0 Å². The third-order valence-corrected chi connectivity index (χ3v) is 1.49. The summed E-state index contributed by atoms with van der Waals surface area (Å²) in [6, 6.07) is 6.29. The molecular weight excluding hydrogens is 269 g/mol. The summed E-state index contributed by atoms with van der Waals surface area (Å²) in [6.07, 6.45) is -1.62. The van der Waals surface area contributed by atoms with Crippen molar-refractivity contribution in [3.8, 4) is 5.95 Å². The van der Waals surface area contributed by atoms with Crippen molar-refractivity contribution in [3.63, 3.8) is 0 Å². The fourth-order valence-electron chi connectivity index (χ4n) is 0.779. The molecule has 0 spiro atoms. The molecule has 0 saturated heterocycles. The van der Waals surface area contributed by atoms with Crippen LogP contribution in [0, 0.1) is 0 Å². The zero-order valence-electron chi connectivity index (χ0n) is 9.18. The van der Waals surface area contributed by atoms with Gasteiger partial charge in [-0.1, -0.05) is 6.07 Å². The van der Waals surface area contributed by atoms with Crippen molar-refractivity contribution in [2.45, 2.75) is 6.18 Å². The Hall–Kier alpha value is -2.58. The standard InChI is InChI=1S/C5H2F3NO4.C5H5N/c6-5(7,8)4(11)12-3-1-2(10)9-13-3;1-2-4-6-5-3-1/h1H,(H,9,10);1-5H. The summed E-state index contributed by atoms with van der Waals surface area (Å²) < 4.78 is 42.3. The van der Waals surface area contributed by atoms with Gasteiger partial charge in [-0.3, -0.25) is 9.78 Å². The lowest BCUT2D eigenvalue weighted by Crippen LogP contribution is -2.27. The van der Waals surface area contributed by atoms with E-state index in [0.29, 0.717) is 6.07 Å². The highest BCUT2D eigenvalue weighted by Crippen LogP contribution is 2.18. The molecule has 2 aromatic rings. The average molecular weight is 276 g/mol. The molecule has 0 aliphatic carbocycles. The number of nitrogens with zero attached hydrogens (tertiary/aromatic N) is 1. The van der Waals surface area contributed by atoms with Crippen molar-refractivity contribution in [2.75, 3.05) is 0 Å². The molecule has 6 nitrogen and oxygen atoms in total. The topological polar surface area (TPSA) is 85.2 Å². The van der Waals surface area contributed by atoms with Crippen LogP contribution in [-0.2, 0) is 4.79 Å². The Morgan fingerprint density at radius 1 is 1.26 bits per heavy atom. The van der Waals surface area contributed by atoms with E-state index in [1.54, 1.807) is 17.6 Å². The molecule has 0 atom stereocenters. The Balaban J connectivity index is 0.000000250. The van der Waals surface area contributed by atoms with Gasteiger partial charge >= 0.3 is 18.1 Å². The minimum Gasteiger partial charge on any atom is -0.384 e. The quantitative estimate of drug-likeness (QED) is 0.798. The van der Waals surface area contributed by atoms with Gasteiger partial charge in [-0.25, -0.2) is 4.79 Å². The van der Waals surface area contributed by atoms with Gasteiger partial charge < -0.3 is 9.26 Å². The normalized spacial score (nSPS) is 10.3. The number of esters is 1. The van der Waals surface area contributed by atoms with E-state index < -0.39 is 23.7 Å². The van der Waals surface area contributed by atoms with E-state index in [-0.39, 0.29) is 0 Å². The molecule has 0 aliphatic heterocycles. The molecule has 0 unspecified atom stereocenters. The Labute approximate surface area is 103 Å². The molecule has 102 valence electrons. The van der Waals surface area contributed by atoms with Gasteiger partial charge in [-0.15, -0.1) is 0 Å². The van der Waals surface area contributed by atoms with Crippen LogP contribution in [0.4, 0.5) is 13.2 Å². The summed E-state index contributed by atoms with van der Waals surface area (Å²) >= 11 is 0. The monoisotopic (exact) mass is 276 g/mol. The fraction of sp³-hybridized carbons (Fsp3) is 0.100. The van der Waals surface area contributed by atoms with Crippen molar-refractivity contribution in [1.29, 1.82) is 0 Å². The molecular formula is C10H7F3N2O4. The van der Waals surface area contributed by atoms with E-state index in [2.05, 4.69) is 14.2 Å². The van der Waals surface area contributed by atoms with E-state index >= 15 is 0 Å². The Bertz CT molecular complexity index is 535. The predicted octanol–water partition coefficient (Wildman–Crippen LogP) is 1.52. The Kier molecular flexibility index (Phi) is 4.86. The van der Waals surface area contributed by atoms with E-state index in [1.807, 2.05) is 18.2 Å². The van der Waals surface area contributed by atoms with Gasteiger partial charge in [-0.2, -0.15) is 18.3 Å². The first-order chi connectivity index (χ1) is 8.89. The van der Waals surface area contributed by atoms with Crippen molar-refractivity contribution >= 4 is 5.97 Å². The Morgan fingerprint density at radius 2 is 1.89 bits per heavy atom. The Morgan fingerprint density at radius 3 is 2.21 bits per heavy atom. The largest absolute Gasteiger partial charge is 0.491 e. The summed E-state index contributed by atoms with van der Waals surface area (Å²) in [5, 5.41) is 1.65. The maximum Gasteiger partial charge on any atom is 0.491 e. The van der Waals surface area contributed by atoms with Crippen LogP contribution in [0.15, 0.2) is 46.0 Å². The molecule has 1 N–H and O–H groups in total. The minimum absolute atomic E-state index is 0.573. The van der Waals surface area contributed by atoms with Crippen LogP contribution in [-0.4, -0.2) is 22.3 Å². The first-order valence-corrected chi connectivity index (χ1v) is 4.72. The summed E-state index contributed by atoms with van der Waals surface area (Å²) in [5.74, 6) is -3.28. The number of carbonyl (C=O) groups excluding carboxylic acids is 1. The number of hydrogen-bond donors (Lipinski definition) is 1. The van der Waals surface area contributed by atoms with Gasteiger partial charge in [0.15, 0.2) is 0 Å². The van der Waals surface area contributed by atoms with Crippen LogP contribution in [0.3, 0.4) is 0 Å². The van der Waals surface area contributed by atoms with Crippen LogP contribution >= 0.6 is 0 Å². The summed E-state index contributed by atoms with van der Waals surface area (Å²) in [5.41, 5.74) is -0.801. The molecule has 0 bridgehead atoms. The van der Waals surface area contributed by atoms with E-state index in [9.17, 15) is 22.8 Å². The molecule has 2 aromatic heterocycles. The number of aromatic nitrogens is 2. The molecule has 19 heavy (non-hydrogen) atoms. The average Bonchev–Trinajstić information content (AvgIpc) is 2.76. The van der Waals surface area contributed by atoms with Crippen molar-refractivity contribution in [2.24, 2.45) is 0 Å². The number of alkyl halides is 3. The van der Waals surface area contributed by atoms with E-state index in [1.165, 1.54) is 0 Å². The first kappa shape index (κ1) is 14.5. The second-order valence-corrected chi connectivity index (χ2v) is 2.94. The van der Waals surface area contributed by atoms with Gasteiger partial charge in [0.2, 0.25) is 0 Å². The summed E-state index contributed by atoms with van der Waals surface area (Å²) in [7, 11) is 0. The third kappa shape index (κ3) is 5.52. The lowest BCUT2D eigenvalue weighted by atomic mass is 10.5. The lowest BCUT2D eigenvalue weighted by molar-refractivity contribution is -0.191. The molecule has 2 heterocycles. The van der Waals surface area contributed by atoms with Crippen LogP contribution in [0.2, 0.25) is 0 Å². The van der Waals surface area contributed by atoms with E-state index in [4.69, 9.17) is 0 Å². The zero-order valence-corrected chi connectivity index (χ0v) is 9.18. The summed E-state index contributed by atoms with van der Waals surface area (Å²) in [4.78, 5) is 24.2. The number of halogens is 3. The molecule has 0 aromatic carbocycles. The maximum atomic E-state index is 11.5. The molecule has 0 saturated carbocycles. The molecule has 0 amide bonds. The maximum absolute atomic E-state index is 11.5. The zero-order chi connectivity index (χ0) is 14.3. The number of aromatic amines is 1. The van der Waals surface area contributed by atoms with Gasteiger partial charge in [0, 0.05) is 12.4 Å². The number of hydrogen-bond acceptors (Lipinski definition) is 5. The molecule has 0 aliphatic rings. The van der Waals surface area contributed by atoms with Crippen LogP contribution in [0.1, 0.15) is 0 Å². The third-order valence-electron chi connectivity index (χ3n) is 1.49. The molecule has 0 fully saturated rings.